The first kappa shape index (κ1) is 13.3. The lowest BCUT2D eigenvalue weighted by molar-refractivity contribution is 0.383. The van der Waals surface area contributed by atoms with E-state index in [0.717, 1.165) is 16.7 Å². The van der Waals surface area contributed by atoms with Crippen LogP contribution in [-0.4, -0.2) is 25.3 Å². The number of nitrogens with zero attached hydrogens (tertiary/aromatic N) is 5. The molecule has 1 aromatic carbocycles. The fourth-order valence-electron chi connectivity index (χ4n) is 2.17. The molecule has 0 saturated carbocycles. The van der Waals surface area contributed by atoms with Crippen LogP contribution < -0.4 is 0 Å². The third-order valence-corrected chi connectivity index (χ3v) is 3.36. The van der Waals surface area contributed by atoms with Crippen LogP contribution in [0.5, 0.6) is 0 Å². The lowest BCUT2D eigenvalue weighted by Crippen LogP contribution is -1.85. The molecule has 3 aromatic heterocycles. The lowest BCUT2D eigenvalue weighted by Gasteiger charge is -1.97. The topological polar surface area (TPSA) is 90.7 Å². The van der Waals surface area contributed by atoms with E-state index < -0.39 is 0 Å². The SMILES string of the molecule is Cc1ccccc1-c1noc(-c2nc(-c3ccncc3)no2)n1. The first-order valence-corrected chi connectivity index (χ1v) is 6.95. The van der Waals surface area contributed by atoms with Gasteiger partial charge in [-0.1, -0.05) is 34.6 Å². The molecule has 0 unspecified atom stereocenters. The highest BCUT2D eigenvalue weighted by atomic mass is 16.5. The van der Waals surface area contributed by atoms with Crippen molar-refractivity contribution in [3.8, 4) is 34.6 Å². The Morgan fingerprint density at radius 3 is 2.17 bits per heavy atom. The van der Waals surface area contributed by atoms with Crippen molar-refractivity contribution in [3.63, 3.8) is 0 Å². The summed E-state index contributed by atoms with van der Waals surface area (Å²) in [6.07, 6.45) is 3.32. The van der Waals surface area contributed by atoms with Gasteiger partial charge >= 0.3 is 11.8 Å². The van der Waals surface area contributed by atoms with Crippen LogP contribution in [0.3, 0.4) is 0 Å². The number of benzene rings is 1. The molecular formula is C16H11N5O2. The molecule has 7 nitrogen and oxygen atoms in total. The molecule has 4 rings (SSSR count). The number of aromatic nitrogens is 5. The minimum absolute atomic E-state index is 0.184. The molecule has 23 heavy (non-hydrogen) atoms. The summed E-state index contributed by atoms with van der Waals surface area (Å²) in [5.41, 5.74) is 2.76. The van der Waals surface area contributed by atoms with Gasteiger partial charge in [-0.2, -0.15) is 9.97 Å². The van der Waals surface area contributed by atoms with Crippen molar-refractivity contribution in [2.45, 2.75) is 6.92 Å². The second-order valence-electron chi connectivity index (χ2n) is 4.90. The average molecular weight is 305 g/mol. The maximum absolute atomic E-state index is 5.24. The number of hydrogen-bond acceptors (Lipinski definition) is 7. The Bertz CT molecular complexity index is 946. The van der Waals surface area contributed by atoms with Crippen LogP contribution in [0.1, 0.15) is 5.56 Å². The van der Waals surface area contributed by atoms with E-state index in [1.165, 1.54) is 0 Å². The smallest absolute Gasteiger partial charge is 0.316 e. The zero-order valence-corrected chi connectivity index (χ0v) is 12.2. The fourth-order valence-corrected chi connectivity index (χ4v) is 2.17. The third kappa shape index (κ3) is 2.48. The number of rotatable bonds is 3. The Labute approximate surface area is 131 Å². The Morgan fingerprint density at radius 2 is 1.43 bits per heavy atom. The van der Waals surface area contributed by atoms with E-state index in [2.05, 4.69) is 25.3 Å². The molecule has 0 aliphatic rings. The Morgan fingerprint density at radius 1 is 0.783 bits per heavy atom. The van der Waals surface area contributed by atoms with Gasteiger partial charge in [0.1, 0.15) is 0 Å². The molecule has 0 fully saturated rings. The summed E-state index contributed by atoms with van der Waals surface area (Å²) < 4.78 is 10.4. The van der Waals surface area contributed by atoms with Crippen LogP contribution in [-0.2, 0) is 0 Å². The zero-order chi connectivity index (χ0) is 15.6. The summed E-state index contributed by atoms with van der Waals surface area (Å²) in [5, 5.41) is 7.90. The van der Waals surface area contributed by atoms with E-state index in [1.807, 2.05) is 31.2 Å². The largest absolute Gasteiger partial charge is 0.328 e. The standard InChI is InChI=1S/C16H11N5O2/c1-10-4-2-3-5-12(10)14-19-16(23-21-14)15-18-13(20-22-15)11-6-8-17-9-7-11/h2-9H,1H3. The minimum Gasteiger partial charge on any atom is -0.328 e. The van der Waals surface area contributed by atoms with Crippen molar-refractivity contribution in [1.29, 1.82) is 0 Å². The van der Waals surface area contributed by atoms with E-state index in [-0.39, 0.29) is 11.8 Å². The highest BCUT2D eigenvalue weighted by Gasteiger charge is 2.18. The van der Waals surface area contributed by atoms with Crippen LogP contribution in [0.15, 0.2) is 57.8 Å². The summed E-state index contributed by atoms with van der Waals surface area (Å²) >= 11 is 0. The average Bonchev–Trinajstić information content (AvgIpc) is 3.25. The molecule has 0 amide bonds. The summed E-state index contributed by atoms with van der Waals surface area (Å²) in [5.74, 6) is 1.31. The number of pyridine rings is 1. The summed E-state index contributed by atoms with van der Waals surface area (Å²) in [4.78, 5) is 12.6. The predicted octanol–water partition coefficient (Wildman–Crippen LogP) is 3.16. The summed E-state index contributed by atoms with van der Waals surface area (Å²) in [7, 11) is 0. The van der Waals surface area contributed by atoms with Crippen LogP contribution >= 0.6 is 0 Å². The number of aryl methyl sites for hydroxylation is 1. The third-order valence-electron chi connectivity index (χ3n) is 3.36. The maximum atomic E-state index is 5.24. The summed E-state index contributed by atoms with van der Waals surface area (Å²) in [6, 6.07) is 11.4. The fraction of sp³-hybridized carbons (Fsp3) is 0.0625. The second-order valence-corrected chi connectivity index (χ2v) is 4.90. The molecule has 112 valence electrons. The van der Waals surface area contributed by atoms with Crippen molar-refractivity contribution in [2.75, 3.05) is 0 Å². The quantitative estimate of drug-likeness (QED) is 0.574. The van der Waals surface area contributed by atoms with Crippen LogP contribution in [0.2, 0.25) is 0 Å². The molecule has 0 aliphatic carbocycles. The van der Waals surface area contributed by atoms with Gasteiger partial charge in [-0.05, 0) is 24.6 Å². The van der Waals surface area contributed by atoms with Gasteiger partial charge in [0.05, 0.1) is 0 Å². The van der Waals surface area contributed by atoms with E-state index >= 15 is 0 Å². The van der Waals surface area contributed by atoms with Gasteiger partial charge in [0, 0.05) is 23.5 Å². The molecule has 0 atom stereocenters. The van der Waals surface area contributed by atoms with Crippen molar-refractivity contribution in [1.82, 2.24) is 25.3 Å². The Kier molecular flexibility index (Phi) is 3.16. The van der Waals surface area contributed by atoms with Crippen molar-refractivity contribution >= 4 is 0 Å². The highest BCUT2D eigenvalue weighted by Crippen LogP contribution is 2.25. The van der Waals surface area contributed by atoms with Gasteiger partial charge in [-0.25, -0.2) is 0 Å². The van der Waals surface area contributed by atoms with E-state index in [4.69, 9.17) is 9.05 Å². The Balaban J connectivity index is 1.68. The normalized spacial score (nSPS) is 10.8. The molecule has 3 heterocycles. The van der Waals surface area contributed by atoms with Crippen molar-refractivity contribution < 1.29 is 9.05 Å². The molecule has 0 aliphatic heterocycles. The van der Waals surface area contributed by atoms with E-state index in [0.29, 0.717) is 11.6 Å². The molecular weight excluding hydrogens is 294 g/mol. The first-order valence-electron chi connectivity index (χ1n) is 6.95. The zero-order valence-electron chi connectivity index (χ0n) is 12.2. The highest BCUT2D eigenvalue weighted by molar-refractivity contribution is 5.61. The van der Waals surface area contributed by atoms with E-state index in [1.54, 1.807) is 24.5 Å². The molecule has 0 N–H and O–H groups in total. The molecule has 0 radical (unpaired) electrons. The lowest BCUT2D eigenvalue weighted by atomic mass is 10.1. The molecule has 0 spiro atoms. The van der Waals surface area contributed by atoms with E-state index in [9.17, 15) is 0 Å². The maximum Gasteiger partial charge on any atom is 0.316 e. The van der Waals surface area contributed by atoms with Gasteiger partial charge in [0.25, 0.3) is 0 Å². The predicted molar refractivity (Wildman–Crippen MR) is 81.0 cm³/mol. The molecule has 7 heteroatoms. The second kappa shape index (κ2) is 5.45. The van der Waals surface area contributed by atoms with Crippen molar-refractivity contribution in [3.05, 3.63) is 54.4 Å². The minimum atomic E-state index is 0.184. The van der Waals surface area contributed by atoms with Gasteiger partial charge in [-0.15, -0.1) is 0 Å². The first-order chi connectivity index (χ1) is 11.3. The van der Waals surface area contributed by atoms with Gasteiger partial charge in [0.15, 0.2) is 0 Å². The van der Waals surface area contributed by atoms with Crippen LogP contribution in [0.4, 0.5) is 0 Å². The molecule has 4 aromatic rings. The molecule has 0 bridgehead atoms. The summed E-state index contributed by atoms with van der Waals surface area (Å²) in [6.45, 7) is 1.99. The van der Waals surface area contributed by atoms with Crippen molar-refractivity contribution in [2.24, 2.45) is 0 Å². The monoisotopic (exact) mass is 305 g/mol. The van der Waals surface area contributed by atoms with Gasteiger partial charge in [-0.3, -0.25) is 4.98 Å². The number of hydrogen-bond donors (Lipinski definition) is 0. The van der Waals surface area contributed by atoms with Gasteiger partial charge in [0.2, 0.25) is 11.6 Å². The van der Waals surface area contributed by atoms with Crippen LogP contribution in [0.25, 0.3) is 34.6 Å². The Hall–Kier alpha value is -3.35. The molecule has 0 saturated heterocycles. The van der Waals surface area contributed by atoms with Crippen LogP contribution in [0, 0.1) is 6.92 Å². The van der Waals surface area contributed by atoms with Gasteiger partial charge < -0.3 is 9.05 Å².